The molecular formula is C16H28N4O. The van der Waals surface area contributed by atoms with E-state index in [2.05, 4.69) is 20.4 Å². The van der Waals surface area contributed by atoms with Gasteiger partial charge >= 0.3 is 0 Å². The molecule has 0 amide bonds. The minimum Gasteiger partial charge on any atom is -0.480 e. The summed E-state index contributed by atoms with van der Waals surface area (Å²) in [5.41, 5.74) is 2.84. The first-order valence-electron chi connectivity index (χ1n) is 7.23. The van der Waals surface area contributed by atoms with Crippen LogP contribution in [0, 0.1) is 20.8 Å². The highest BCUT2D eigenvalue weighted by Crippen LogP contribution is 2.01. The minimum atomic E-state index is 0.556. The Balaban J connectivity index is 0. The predicted octanol–water partition coefficient (Wildman–Crippen LogP) is 3.94. The van der Waals surface area contributed by atoms with Crippen molar-refractivity contribution in [3.8, 4) is 5.88 Å². The predicted molar refractivity (Wildman–Crippen MR) is 87.5 cm³/mol. The molecule has 0 aliphatic heterocycles. The number of rotatable bonds is 1. The van der Waals surface area contributed by atoms with Crippen LogP contribution < -0.4 is 4.74 Å². The first kappa shape index (κ1) is 21.3. The molecule has 2 rings (SSSR count). The van der Waals surface area contributed by atoms with Gasteiger partial charge in [-0.1, -0.05) is 27.7 Å². The van der Waals surface area contributed by atoms with Crippen LogP contribution in [0.4, 0.5) is 0 Å². The monoisotopic (exact) mass is 292 g/mol. The van der Waals surface area contributed by atoms with Crippen LogP contribution in [0.25, 0.3) is 0 Å². The average molecular weight is 292 g/mol. The Bertz CT molecular complexity index is 420. The maximum atomic E-state index is 4.80. The summed E-state index contributed by atoms with van der Waals surface area (Å²) in [5.74, 6) is 0.556. The largest absolute Gasteiger partial charge is 0.480 e. The Morgan fingerprint density at radius 2 is 0.952 bits per heavy atom. The molecule has 5 nitrogen and oxygen atoms in total. The van der Waals surface area contributed by atoms with Crippen LogP contribution in [0.2, 0.25) is 0 Å². The van der Waals surface area contributed by atoms with Crippen LogP contribution in [0.3, 0.4) is 0 Å². The summed E-state index contributed by atoms with van der Waals surface area (Å²) in [6.45, 7) is 13.7. The number of nitrogens with zero attached hydrogens (tertiary/aromatic N) is 4. The van der Waals surface area contributed by atoms with Gasteiger partial charge in [-0.25, -0.2) is 0 Å². The summed E-state index contributed by atoms with van der Waals surface area (Å²) in [6.07, 6.45) is 0. The average Bonchev–Trinajstić information content (AvgIpc) is 2.55. The lowest BCUT2D eigenvalue weighted by atomic mass is 10.4. The Labute approximate surface area is 128 Å². The first-order chi connectivity index (χ1) is 10.1. The molecule has 118 valence electrons. The highest BCUT2D eigenvalue weighted by atomic mass is 16.5. The molecule has 0 fully saturated rings. The highest BCUT2D eigenvalue weighted by Gasteiger charge is 1.89. The molecule has 2 aromatic heterocycles. The number of hydrogen-bond acceptors (Lipinski definition) is 5. The summed E-state index contributed by atoms with van der Waals surface area (Å²) < 4.78 is 4.80. The van der Waals surface area contributed by atoms with Crippen molar-refractivity contribution in [2.45, 2.75) is 48.5 Å². The van der Waals surface area contributed by atoms with Crippen LogP contribution in [-0.2, 0) is 0 Å². The molecule has 0 aliphatic rings. The Morgan fingerprint density at radius 1 is 0.619 bits per heavy atom. The number of methoxy groups -OCH3 is 1. The molecule has 2 heterocycles. The second-order valence-corrected chi connectivity index (χ2v) is 3.53. The first-order valence-corrected chi connectivity index (χ1v) is 7.23. The van der Waals surface area contributed by atoms with E-state index in [0.717, 1.165) is 17.1 Å². The molecule has 0 atom stereocenters. The third-order valence-corrected chi connectivity index (χ3v) is 1.91. The second-order valence-electron chi connectivity index (χ2n) is 3.53. The highest BCUT2D eigenvalue weighted by molar-refractivity contribution is 5.09. The zero-order chi connectivity index (χ0) is 16.7. The molecule has 0 aliphatic carbocycles. The van der Waals surface area contributed by atoms with E-state index in [1.165, 1.54) is 0 Å². The normalized spacial score (nSPS) is 8.00. The lowest BCUT2D eigenvalue weighted by molar-refractivity contribution is 0.391. The third-order valence-electron chi connectivity index (χ3n) is 1.91. The maximum Gasteiger partial charge on any atom is 0.233 e. The third kappa shape index (κ3) is 11.5. The van der Waals surface area contributed by atoms with E-state index in [0.29, 0.717) is 5.88 Å². The van der Waals surface area contributed by atoms with Gasteiger partial charge in [0.25, 0.3) is 0 Å². The Hall–Kier alpha value is -2.04. The van der Waals surface area contributed by atoms with E-state index in [-0.39, 0.29) is 0 Å². The van der Waals surface area contributed by atoms with Crippen LogP contribution in [0.1, 0.15) is 44.8 Å². The van der Waals surface area contributed by atoms with Crippen molar-refractivity contribution in [3.05, 3.63) is 41.3 Å². The van der Waals surface area contributed by atoms with Gasteiger partial charge in [0, 0.05) is 6.07 Å². The molecule has 0 unspecified atom stereocenters. The van der Waals surface area contributed by atoms with E-state index >= 15 is 0 Å². The Morgan fingerprint density at radius 3 is 1.19 bits per heavy atom. The van der Waals surface area contributed by atoms with E-state index in [4.69, 9.17) is 4.74 Å². The molecule has 2 aromatic rings. The van der Waals surface area contributed by atoms with Crippen molar-refractivity contribution >= 4 is 0 Å². The van der Waals surface area contributed by atoms with E-state index < -0.39 is 0 Å². The number of hydrogen-bond donors (Lipinski definition) is 0. The van der Waals surface area contributed by atoms with E-state index in [9.17, 15) is 0 Å². The van der Waals surface area contributed by atoms with Crippen LogP contribution in [0.5, 0.6) is 5.88 Å². The van der Waals surface area contributed by atoms with Gasteiger partial charge in [-0.05, 0) is 39.0 Å². The van der Waals surface area contributed by atoms with E-state index in [1.54, 1.807) is 13.2 Å². The fourth-order valence-electron chi connectivity index (χ4n) is 0.961. The fourth-order valence-corrected chi connectivity index (χ4v) is 0.961. The SMILES string of the molecule is CC.CC.COc1ccc(C)nn1.Cc1ccc(C)nn1. The summed E-state index contributed by atoms with van der Waals surface area (Å²) in [4.78, 5) is 0. The van der Waals surface area contributed by atoms with Gasteiger partial charge in [0.1, 0.15) is 0 Å². The summed E-state index contributed by atoms with van der Waals surface area (Å²) >= 11 is 0. The number of aryl methyl sites for hydroxylation is 3. The molecule has 0 N–H and O–H groups in total. The van der Waals surface area contributed by atoms with Crippen molar-refractivity contribution in [2.24, 2.45) is 0 Å². The van der Waals surface area contributed by atoms with Gasteiger partial charge in [0.2, 0.25) is 5.88 Å². The molecule has 0 radical (unpaired) electrons. The maximum absolute atomic E-state index is 4.80. The minimum absolute atomic E-state index is 0.556. The standard InChI is InChI=1S/C6H8N2O.C6H8N2.2C2H6/c1-5-3-4-6(9-2)8-7-5;1-5-3-4-6(2)8-7-5;2*1-2/h3-4H,1-2H3;3-4H,1-2H3;2*1-2H3. The summed E-state index contributed by atoms with van der Waals surface area (Å²) in [5, 5.41) is 15.2. The van der Waals surface area contributed by atoms with Gasteiger partial charge in [-0.3, -0.25) is 0 Å². The molecule has 0 bridgehead atoms. The van der Waals surface area contributed by atoms with Crippen LogP contribution in [-0.4, -0.2) is 27.5 Å². The molecule has 0 aromatic carbocycles. The van der Waals surface area contributed by atoms with Crippen molar-refractivity contribution in [1.29, 1.82) is 0 Å². The van der Waals surface area contributed by atoms with Crippen molar-refractivity contribution in [1.82, 2.24) is 20.4 Å². The molecule has 0 saturated carbocycles. The topological polar surface area (TPSA) is 60.8 Å². The lowest BCUT2D eigenvalue weighted by Gasteiger charge is -1.94. The van der Waals surface area contributed by atoms with Gasteiger partial charge in [0.05, 0.1) is 24.2 Å². The zero-order valence-corrected chi connectivity index (χ0v) is 14.5. The molecular weight excluding hydrogens is 264 g/mol. The van der Waals surface area contributed by atoms with Crippen molar-refractivity contribution in [2.75, 3.05) is 7.11 Å². The van der Waals surface area contributed by atoms with Gasteiger partial charge in [-0.2, -0.15) is 15.3 Å². The number of aromatic nitrogens is 4. The molecule has 0 saturated heterocycles. The van der Waals surface area contributed by atoms with Gasteiger partial charge in [0.15, 0.2) is 0 Å². The van der Waals surface area contributed by atoms with Gasteiger partial charge in [-0.15, -0.1) is 5.10 Å². The van der Waals surface area contributed by atoms with Crippen LogP contribution in [0.15, 0.2) is 24.3 Å². The second kappa shape index (κ2) is 14.4. The zero-order valence-electron chi connectivity index (χ0n) is 14.5. The van der Waals surface area contributed by atoms with Crippen molar-refractivity contribution < 1.29 is 4.74 Å². The smallest absolute Gasteiger partial charge is 0.233 e. The van der Waals surface area contributed by atoms with E-state index in [1.807, 2.05) is 66.7 Å². The molecule has 0 spiro atoms. The quantitative estimate of drug-likeness (QED) is 0.796. The van der Waals surface area contributed by atoms with Crippen LogP contribution >= 0.6 is 0 Å². The van der Waals surface area contributed by atoms with Gasteiger partial charge < -0.3 is 4.74 Å². The lowest BCUT2D eigenvalue weighted by Crippen LogP contribution is -1.90. The fraction of sp³-hybridized carbons (Fsp3) is 0.500. The summed E-state index contributed by atoms with van der Waals surface area (Å²) in [7, 11) is 1.57. The molecule has 5 heteroatoms. The summed E-state index contributed by atoms with van der Waals surface area (Å²) in [6, 6.07) is 7.53. The van der Waals surface area contributed by atoms with Crippen molar-refractivity contribution in [3.63, 3.8) is 0 Å². The Kier molecular flexibility index (Phi) is 14.5. The molecule has 21 heavy (non-hydrogen) atoms. The number of ether oxygens (including phenoxy) is 1.